The molecule has 0 aromatic rings. The molecule has 0 aromatic heterocycles. The van der Waals surface area contributed by atoms with Crippen molar-refractivity contribution in [3.05, 3.63) is 24.3 Å². The van der Waals surface area contributed by atoms with Crippen LogP contribution in [0.2, 0.25) is 0 Å². The number of hydrogen-bond donors (Lipinski definition) is 6. The van der Waals surface area contributed by atoms with Crippen molar-refractivity contribution in [1.82, 2.24) is 0 Å². The molecule has 0 spiro atoms. The summed E-state index contributed by atoms with van der Waals surface area (Å²) in [6.45, 7) is 3.27. The van der Waals surface area contributed by atoms with Gasteiger partial charge in [0.25, 0.3) is 0 Å². The van der Waals surface area contributed by atoms with Crippen LogP contribution in [0.15, 0.2) is 24.3 Å². The van der Waals surface area contributed by atoms with Crippen molar-refractivity contribution < 1.29 is 63.1 Å². The maximum atomic E-state index is 12.8. The third kappa shape index (κ3) is 28.5. The Bertz CT molecular complexity index is 1130. The van der Waals surface area contributed by atoms with Crippen LogP contribution in [0, 0.1) is 0 Å². The minimum absolute atomic E-state index is 0.0917. The smallest absolute Gasteiger partial charge is 0.462 e. The minimum atomic E-state index is -5.12. The molecule has 1 aliphatic rings. The molecule has 346 valence electrons. The van der Waals surface area contributed by atoms with Crippen LogP contribution in [0.25, 0.3) is 0 Å². The SMILES string of the molecule is CCCCCC/C=C\CCCCCCCC(=O)OCC(COP(=O)(O)OC1C(O)C(O)C(O)C(O)C1O)OC(=O)CCCCCCCCC/C=C\CCCCCCCC. The first-order valence-electron chi connectivity index (χ1n) is 23.1. The molecule has 13 nitrogen and oxygen atoms in total. The van der Waals surface area contributed by atoms with E-state index in [-0.39, 0.29) is 12.8 Å². The largest absolute Gasteiger partial charge is 0.472 e. The number of rotatable bonds is 38. The number of unbranched alkanes of at least 4 members (excludes halogenated alkanes) is 22. The summed E-state index contributed by atoms with van der Waals surface area (Å²) in [6.07, 6.45) is 25.2. The third-order valence-electron chi connectivity index (χ3n) is 10.8. The fourth-order valence-electron chi connectivity index (χ4n) is 6.98. The number of esters is 2. The number of allylic oxidation sites excluding steroid dienone is 4. The molecule has 6 unspecified atom stereocenters. The Morgan fingerprint density at radius 3 is 1.31 bits per heavy atom. The van der Waals surface area contributed by atoms with Crippen molar-refractivity contribution in [2.45, 2.75) is 236 Å². The molecule has 1 saturated carbocycles. The standard InChI is InChI=1S/C45H83O13P/c1-3-5-7-9-11-13-15-17-18-19-20-22-24-26-28-30-32-34-39(47)57-37(36-56-59(53,54)58-45-43(51)41(49)40(48)42(50)44(45)52)35-55-38(46)33-31-29-27-25-23-21-16-14-12-10-8-6-4-2/h14,16-18,37,40-45,48-52H,3-13,15,19-36H2,1-2H3,(H,53,54)/b16-14-,18-17-. The summed E-state index contributed by atoms with van der Waals surface area (Å²) in [6, 6.07) is 0. The highest BCUT2D eigenvalue weighted by Gasteiger charge is 2.51. The van der Waals surface area contributed by atoms with Gasteiger partial charge in [0.2, 0.25) is 0 Å². The molecule has 0 heterocycles. The van der Waals surface area contributed by atoms with E-state index in [2.05, 4.69) is 38.2 Å². The second-order valence-corrected chi connectivity index (χ2v) is 17.7. The van der Waals surface area contributed by atoms with E-state index in [0.29, 0.717) is 12.8 Å². The van der Waals surface area contributed by atoms with Crippen LogP contribution in [0.3, 0.4) is 0 Å². The van der Waals surface area contributed by atoms with Gasteiger partial charge in [0.05, 0.1) is 6.61 Å². The van der Waals surface area contributed by atoms with Gasteiger partial charge in [0.15, 0.2) is 6.10 Å². The van der Waals surface area contributed by atoms with Crippen LogP contribution >= 0.6 is 7.82 Å². The van der Waals surface area contributed by atoms with E-state index in [4.69, 9.17) is 18.5 Å². The zero-order valence-electron chi connectivity index (χ0n) is 36.6. The fourth-order valence-corrected chi connectivity index (χ4v) is 7.95. The average Bonchev–Trinajstić information content (AvgIpc) is 3.21. The lowest BCUT2D eigenvalue weighted by molar-refractivity contribution is -0.220. The van der Waals surface area contributed by atoms with E-state index in [0.717, 1.165) is 70.6 Å². The van der Waals surface area contributed by atoms with Gasteiger partial charge in [-0.1, -0.05) is 141 Å². The Morgan fingerprint density at radius 2 is 0.864 bits per heavy atom. The first kappa shape index (κ1) is 55.3. The minimum Gasteiger partial charge on any atom is -0.462 e. The van der Waals surface area contributed by atoms with Crippen LogP contribution in [0.1, 0.15) is 194 Å². The number of carbonyl (C=O) groups is 2. The normalized spacial score (nSPS) is 22.5. The van der Waals surface area contributed by atoms with Crippen molar-refractivity contribution in [2.24, 2.45) is 0 Å². The Labute approximate surface area is 356 Å². The van der Waals surface area contributed by atoms with Crippen LogP contribution in [0.5, 0.6) is 0 Å². The molecular formula is C45H83O13P. The van der Waals surface area contributed by atoms with Crippen molar-refractivity contribution in [3.8, 4) is 0 Å². The van der Waals surface area contributed by atoms with E-state index in [9.17, 15) is 44.6 Å². The molecular weight excluding hydrogens is 779 g/mol. The van der Waals surface area contributed by atoms with Gasteiger partial charge < -0.3 is 39.9 Å². The topological polar surface area (TPSA) is 210 Å². The number of phosphoric ester groups is 1. The molecule has 0 radical (unpaired) electrons. The van der Waals surface area contributed by atoms with E-state index < -0.39 is 75.7 Å². The molecule has 59 heavy (non-hydrogen) atoms. The molecule has 0 aliphatic heterocycles. The predicted octanol–water partition coefficient (Wildman–Crippen LogP) is 8.84. The maximum absolute atomic E-state index is 12.8. The molecule has 6 N–H and O–H groups in total. The lowest BCUT2D eigenvalue weighted by Gasteiger charge is -2.41. The maximum Gasteiger partial charge on any atom is 0.472 e. The molecule has 1 aliphatic carbocycles. The van der Waals surface area contributed by atoms with Crippen LogP contribution in [0.4, 0.5) is 0 Å². The van der Waals surface area contributed by atoms with E-state index in [1.54, 1.807) is 0 Å². The highest BCUT2D eigenvalue weighted by Crippen LogP contribution is 2.47. The zero-order valence-corrected chi connectivity index (χ0v) is 37.4. The molecule has 14 heteroatoms. The highest BCUT2D eigenvalue weighted by molar-refractivity contribution is 7.47. The summed E-state index contributed by atoms with van der Waals surface area (Å²) in [4.78, 5) is 35.7. The van der Waals surface area contributed by atoms with Gasteiger partial charge in [-0.25, -0.2) is 4.57 Å². The van der Waals surface area contributed by atoms with Gasteiger partial charge in [-0.15, -0.1) is 0 Å². The second kappa shape index (κ2) is 35.9. The lowest BCUT2D eigenvalue weighted by Crippen LogP contribution is -2.64. The number of phosphoric acid groups is 1. The Morgan fingerprint density at radius 1 is 0.508 bits per heavy atom. The number of aliphatic hydroxyl groups is 5. The fraction of sp³-hybridized carbons (Fsp3) is 0.867. The lowest BCUT2D eigenvalue weighted by atomic mass is 9.85. The summed E-state index contributed by atoms with van der Waals surface area (Å²) in [5.74, 6) is -1.11. The summed E-state index contributed by atoms with van der Waals surface area (Å²) in [5, 5.41) is 50.1. The Balaban J connectivity index is 2.46. The van der Waals surface area contributed by atoms with Crippen LogP contribution < -0.4 is 0 Å². The van der Waals surface area contributed by atoms with Crippen molar-refractivity contribution in [2.75, 3.05) is 13.2 Å². The molecule has 1 fully saturated rings. The van der Waals surface area contributed by atoms with E-state index in [1.807, 2.05) is 0 Å². The molecule has 1 rings (SSSR count). The monoisotopic (exact) mass is 863 g/mol. The van der Waals surface area contributed by atoms with Gasteiger partial charge in [0, 0.05) is 12.8 Å². The summed E-state index contributed by atoms with van der Waals surface area (Å²) in [5.41, 5.74) is 0. The van der Waals surface area contributed by atoms with Crippen molar-refractivity contribution in [1.29, 1.82) is 0 Å². The molecule has 0 aromatic carbocycles. The molecule has 0 bridgehead atoms. The van der Waals surface area contributed by atoms with E-state index >= 15 is 0 Å². The second-order valence-electron chi connectivity index (χ2n) is 16.3. The van der Waals surface area contributed by atoms with Crippen LogP contribution in [-0.4, -0.2) is 98.3 Å². The van der Waals surface area contributed by atoms with Crippen molar-refractivity contribution >= 4 is 19.8 Å². The highest BCUT2D eigenvalue weighted by atomic mass is 31.2. The predicted molar refractivity (Wildman–Crippen MR) is 230 cm³/mol. The van der Waals surface area contributed by atoms with Gasteiger partial charge >= 0.3 is 19.8 Å². The summed E-state index contributed by atoms with van der Waals surface area (Å²) < 4.78 is 33.5. The summed E-state index contributed by atoms with van der Waals surface area (Å²) in [7, 11) is -5.12. The Hall–Kier alpha value is -1.67. The zero-order chi connectivity index (χ0) is 43.6. The van der Waals surface area contributed by atoms with E-state index in [1.165, 1.54) is 83.5 Å². The van der Waals surface area contributed by atoms with Crippen LogP contribution in [-0.2, 0) is 32.7 Å². The third-order valence-corrected chi connectivity index (χ3v) is 11.8. The number of hydrogen-bond acceptors (Lipinski definition) is 12. The van der Waals surface area contributed by atoms with Gasteiger partial charge in [0.1, 0.15) is 43.2 Å². The first-order chi connectivity index (χ1) is 28.4. The summed E-state index contributed by atoms with van der Waals surface area (Å²) >= 11 is 0. The van der Waals surface area contributed by atoms with Gasteiger partial charge in [-0.2, -0.15) is 0 Å². The average molecular weight is 863 g/mol. The first-order valence-corrected chi connectivity index (χ1v) is 24.6. The number of ether oxygens (including phenoxy) is 2. The number of carbonyl (C=O) groups excluding carboxylic acids is 2. The van der Waals surface area contributed by atoms with Gasteiger partial charge in [-0.05, 0) is 64.2 Å². The number of aliphatic hydroxyl groups excluding tert-OH is 5. The van der Waals surface area contributed by atoms with Gasteiger partial charge in [-0.3, -0.25) is 18.6 Å². The molecule has 0 amide bonds. The Kier molecular flexibility index (Phi) is 33.7. The quantitative estimate of drug-likeness (QED) is 0.0149. The molecule has 0 saturated heterocycles. The van der Waals surface area contributed by atoms with Crippen molar-refractivity contribution in [3.63, 3.8) is 0 Å². The molecule has 6 atom stereocenters.